The summed E-state index contributed by atoms with van der Waals surface area (Å²) in [5, 5.41) is 4.97. The Hall–Kier alpha value is -0.480. The largest absolute Gasteiger partial charge is 0.340 e. The summed E-state index contributed by atoms with van der Waals surface area (Å²) >= 11 is 1.81. The molecule has 0 bridgehead atoms. The highest BCUT2D eigenvalue weighted by molar-refractivity contribution is 7.99. The molecule has 2 heterocycles. The Balaban J connectivity index is 1.90. The Kier molecular flexibility index (Phi) is 1.65. The van der Waals surface area contributed by atoms with Gasteiger partial charge in [0.15, 0.2) is 5.16 Å². The van der Waals surface area contributed by atoms with E-state index in [-0.39, 0.29) is 0 Å². The summed E-state index contributed by atoms with van der Waals surface area (Å²) in [5.41, 5.74) is 0. The Morgan fingerprint density at radius 2 is 2.50 bits per heavy atom. The van der Waals surface area contributed by atoms with Crippen molar-refractivity contribution >= 4 is 11.8 Å². The first-order valence-electron chi connectivity index (χ1n) is 3.32. The van der Waals surface area contributed by atoms with Crippen molar-refractivity contribution in [1.29, 1.82) is 0 Å². The van der Waals surface area contributed by atoms with Gasteiger partial charge in [0.05, 0.1) is 0 Å². The number of nitrogens with zero attached hydrogens (tertiary/aromatic N) is 1. The fourth-order valence-corrected chi connectivity index (χ4v) is 1.79. The van der Waals surface area contributed by atoms with E-state index in [1.165, 1.54) is 0 Å². The molecule has 1 fully saturated rings. The lowest BCUT2D eigenvalue weighted by Crippen LogP contribution is -2.44. The molecule has 1 aromatic heterocycles. The third kappa shape index (κ3) is 1.17. The average molecular weight is 155 g/mol. The number of nitrogens with one attached hydrogen (secondary N) is 2. The van der Waals surface area contributed by atoms with Crippen molar-refractivity contribution in [2.24, 2.45) is 0 Å². The minimum absolute atomic E-state index is 0.728. The van der Waals surface area contributed by atoms with Gasteiger partial charge in [-0.05, 0) is 0 Å². The molecule has 0 amide bonds. The minimum atomic E-state index is 0.728. The van der Waals surface area contributed by atoms with Gasteiger partial charge < -0.3 is 10.3 Å². The Morgan fingerprint density at radius 1 is 1.60 bits per heavy atom. The molecule has 54 valence electrons. The SMILES string of the molecule is c1c[nH]c(SC2CNC2)n1. The lowest BCUT2D eigenvalue weighted by Gasteiger charge is -2.24. The van der Waals surface area contributed by atoms with Crippen molar-refractivity contribution in [2.75, 3.05) is 13.1 Å². The fraction of sp³-hybridized carbons (Fsp3) is 0.500. The molecule has 1 saturated heterocycles. The molecule has 2 N–H and O–H groups in total. The van der Waals surface area contributed by atoms with Crippen LogP contribution in [-0.4, -0.2) is 28.3 Å². The molecular weight excluding hydrogens is 146 g/mol. The topological polar surface area (TPSA) is 40.7 Å². The maximum absolute atomic E-state index is 4.12. The molecule has 0 unspecified atom stereocenters. The van der Waals surface area contributed by atoms with Gasteiger partial charge in [-0.1, -0.05) is 11.8 Å². The molecule has 3 nitrogen and oxygen atoms in total. The van der Waals surface area contributed by atoms with Crippen LogP contribution in [0.2, 0.25) is 0 Å². The van der Waals surface area contributed by atoms with Crippen LogP contribution in [-0.2, 0) is 0 Å². The van der Waals surface area contributed by atoms with Gasteiger partial charge in [0.2, 0.25) is 0 Å². The first-order chi connectivity index (χ1) is 4.95. The third-order valence-corrected chi connectivity index (χ3v) is 2.61. The normalized spacial score (nSPS) is 18.8. The smallest absolute Gasteiger partial charge is 0.165 e. The summed E-state index contributed by atoms with van der Waals surface area (Å²) in [4.78, 5) is 7.18. The second-order valence-corrected chi connectivity index (χ2v) is 3.58. The van der Waals surface area contributed by atoms with Gasteiger partial charge in [-0.2, -0.15) is 0 Å². The van der Waals surface area contributed by atoms with E-state index in [2.05, 4.69) is 15.3 Å². The van der Waals surface area contributed by atoms with Gasteiger partial charge in [-0.3, -0.25) is 0 Å². The molecule has 10 heavy (non-hydrogen) atoms. The number of H-pyrrole nitrogens is 1. The number of aromatic amines is 1. The van der Waals surface area contributed by atoms with Gasteiger partial charge >= 0.3 is 0 Å². The standard InChI is InChI=1S/C6H9N3S/c1-2-9-6(8-1)10-5-3-7-4-5/h1-2,5,7H,3-4H2,(H,8,9). The van der Waals surface area contributed by atoms with E-state index in [1.54, 1.807) is 6.20 Å². The molecule has 0 spiro atoms. The highest BCUT2D eigenvalue weighted by Crippen LogP contribution is 2.21. The number of hydrogen-bond donors (Lipinski definition) is 2. The van der Waals surface area contributed by atoms with Crippen molar-refractivity contribution in [1.82, 2.24) is 15.3 Å². The second kappa shape index (κ2) is 2.64. The zero-order valence-corrected chi connectivity index (χ0v) is 6.32. The van der Waals surface area contributed by atoms with Crippen molar-refractivity contribution in [2.45, 2.75) is 10.4 Å². The van der Waals surface area contributed by atoms with Crippen molar-refractivity contribution in [3.05, 3.63) is 12.4 Å². The summed E-state index contributed by atoms with van der Waals surface area (Å²) in [6.45, 7) is 2.23. The van der Waals surface area contributed by atoms with E-state index in [0.717, 1.165) is 23.5 Å². The maximum atomic E-state index is 4.12. The molecule has 0 saturated carbocycles. The quantitative estimate of drug-likeness (QED) is 0.652. The lowest BCUT2D eigenvalue weighted by molar-refractivity contribution is 0.543. The molecule has 0 aliphatic carbocycles. The van der Waals surface area contributed by atoms with Crippen LogP contribution in [0.25, 0.3) is 0 Å². The highest BCUT2D eigenvalue weighted by Gasteiger charge is 2.18. The van der Waals surface area contributed by atoms with Crippen molar-refractivity contribution in [3.63, 3.8) is 0 Å². The third-order valence-electron chi connectivity index (χ3n) is 1.50. The minimum Gasteiger partial charge on any atom is -0.340 e. The van der Waals surface area contributed by atoms with Gasteiger partial charge in [0.25, 0.3) is 0 Å². The fourth-order valence-electron chi connectivity index (χ4n) is 0.819. The monoisotopic (exact) mass is 155 g/mol. The second-order valence-electron chi connectivity index (χ2n) is 2.29. The molecule has 0 aromatic carbocycles. The summed E-state index contributed by atoms with van der Waals surface area (Å²) < 4.78 is 0. The van der Waals surface area contributed by atoms with E-state index in [1.807, 2.05) is 18.0 Å². The molecule has 4 heteroatoms. The van der Waals surface area contributed by atoms with E-state index >= 15 is 0 Å². The highest BCUT2D eigenvalue weighted by atomic mass is 32.2. The molecule has 0 atom stereocenters. The summed E-state index contributed by atoms with van der Waals surface area (Å²) in [6.07, 6.45) is 3.64. The van der Waals surface area contributed by atoms with E-state index in [4.69, 9.17) is 0 Å². The van der Waals surface area contributed by atoms with Gasteiger partial charge in [0.1, 0.15) is 0 Å². The number of aromatic nitrogens is 2. The van der Waals surface area contributed by atoms with Gasteiger partial charge in [-0.15, -0.1) is 0 Å². The number of rotatable bonds is 2. The summed E-state index contributed by atoms with van der Waals surface area (Å²) in [7, 11) is 0. The van der Waals surface area contributed by atoms with E-state index < -0.39 is 0 Å². The van der Waals surface area contributed by atoms with Crippen molar-refractivity contribution < 1.29 is 0 Å². The van der Waals surface area contributed by atoms with Crippen LogP contribution in [0, 0.1) is 0 Å². The predicted molar refractivity (Wildman–Crippen MR) is 41.1 cm³/mol. The first kappa shape index (κ1) is 6.24. The van der Waals surface area contributed by atoms with Crippen LogP contribution in [0.5, 0.6) is 0 Å². The molecular formula is C6H9N3S. The summed E-state index contributed by atoms with van der Waals surface area (Å²) in [5.74, 6) is 0. The maximum Gasteiger partial charge on any atom is 0.165 e. The number of hydrogen-bond acceptors (Lipinski definition) is 3. The average Bonchev–Trinajstić information content (AvgIpc) is 2.29. The van der Waals surface area contributed by atoms with Crippen LogP contribution in [0.15, 0.2) is 17.6 Å². The van der Waals surface area contributed by atoms with Crippen LogP contribution in [0.4, 0.5) is 0 Å². The van der Waals surface area contributed by atoms with Crippen LogP contribution in [0.1, 0.15) is 0 Å². The zero-order valence-electron chi connectivity index (χ0n) is 5.50. The summed E-state index contributed by atoms with van der Waals surface area (Å²) in [6, 6.07) is 0. The Bertz CT molecular complexity index is 193. The van der Waals surface area contributed by atoms with E-state index in [0.29, 0.717) is 0 Å². The predicted octanol–water partition coefficient (Wildman–Crippen LogP) is 0.474. The molecule has 1 aliphatic heterocycles. The molecule has 1 aliphatic rings. The molecule has 0 radical (unpaired) electrons. The Labute approximate surface area is 63.6 Å². The van der Waals surface area contributed by atoms with Crippen molar-refractivity contribution in [3.8, 4) is 0 Å². The lowest BCUT2D eigenvalue weighted by atomic mass is 10.3. The van der Waals surface area contributed by atoms with Crippen LogP contribution in [0.3, 0.4) is 0 Å². The van der Waals surface area contributed by atoms with Crippen LogP contribution < -0.4 is 5.32 Å². The molecule has 1 aromatic rings. The Morgan fingerprint density at radius 3 is 3.00 bits per heavy atom. The number of imidazole rings is 1. The number of thioether (sulfide) groups is 1. The van der Waals surface area contributed by atoms with Gasteiger partial charge in [-0.25, -0.2) is 4.98 Å². The van der Waals surface area contributed by atoms with Gasteiger partial charge in [0, 0.05) is 30.7 Å². The zero-order chi connectivity index (χ0) is 6.81. The first-order valence-corrected chi connectivity index (χ1v) is 4.20. The molecule has 2 rings (SSSR count). The van der Waals surface area contributed by atoms with E-state index in [9.17, 15) is 0 Å². The van der Waals surface area contributed by atoms with Crippen LogP contribution >= 0.6 is 11.8 Å².